The lowest BCUT2D eigenvalue weighted by Gasteiger charge is -2.28. The number of hydrogen-bond donors (Lipinski definition) is 0. The van der Waals surface area contributed by atoms with Crippen molar-refractivity contribution >= 4 is 19.8 Å². The molecule has 0 amide bonds. The number of esters is 2. The normalized spacial score (nSPS) is 14.4. The summed E-state index contributed by atoms with van der Waals surface area (Å²) in [6.07, 6.45) is 18.9. The highest BCUT2D eigenvalue weighted by Crippen LogP contribution is 2.38. The zero-order chi connectivity index (χ0) is 28.7. The molecule has 0 spiro atoms. The van der Waals surface area contributed by atoms with Crippen LogP contribution < -0.4 is 4.89 Å². The van der Waals surface area contributed by atoms with Gasteiger partial charge in [0.25, 0.3) is 7.82 Å². The molecule has 0 saturated carbocycles. The highest BCUT2D eigenvalue weighted by molar-refractivity contribution is 7.45. The van der Waals surface area contributed by atoms with Gasteiger partial charge in [-0.1, -0.05) is 70.4 Å². The third-order valence-corrected chi connectivity index (χ3v) is 6.81. The second kappa shape index (κ2) is 22.6. The summed E-state index contributed by atoms with van der Waals surface area (Å²) in [4.78, 5) is 35.4. The molecule has 224 valence electrons. The average Bonchev–Trinajstić information content (AvgIpc) is 2.82. The molecule has 0 fully saturated rings. The number of likely N-dealkylation sites (N-methyl/N-ethyl adjacent to an activating group) is 1. The molecule has 38 heavy (non-hydrogen) atoms. The zero-order valence-corrected chi connectivity index (χ0v) is 25.5. The lowest BCUT2D eigenvalue weighted by atomic mass is 10.1. The van der Waals surface area contributed by atoms with E-state index < -0.39 is 32.5 Å². The molecule has 2 unspecified atom stereocenters. The van der Waals surface area contributed by atoms with Crippen molar-refractivity contribution in [3.8, 4) is 0 Å². The van der Waals surface area contributed by atoms with Gasteiger partial charge in [-0.3, -0.25) is 14.2 Å². The van der Waals surface area contributed by atoms with Gasteiger partial charge in [-0.25, -0.2) is 0 Å². The fourth-order valence-electron chi connectivity index (χ4n) is 3.55. The maximum Gasteiger partial charge on any atom is 0.306 e. The van der Waals surface area contributed by atoms with Crippen molar-refractivity contribution < 1.29 is 42.1 Å². The molecule has 0 heterocycles. The van der Waals surface area contributed by atoms with Gasteiger partial charge >= 0.3 is 11.9 Å². The first-order valence-corrected chi connectivity index (χ1v) is 15.8. The van der Waals surface area contributed by atoms with Crippen LogP contribution in [0.3, 0.4) is 0 Å². The Labute approximate surface area is 231 Å². The number of carbonyl (C=O) groups excluding carboxylic acids is 2. The monoisotopic (exact) mass is 563 g/mol. The van der Waals surface area contributed by atoms with E-state index in [0.29, 0.717) is 17.4 Å². The number of quaternary nitrogens is 1. The van der Waals surface area contributed by atoms with Crippen LogP contribution in [0.25, 0.3) is 0 Å². The van der Waals surface area contributed by atoms with Crippen LogP contribution in [0.5, 0.6) is 0 Å². The van der Waals surface area contributed by atoms with Crippen LogP contribution >= 0.6 is 7.82 Å². The Kier molecular flexibility index (Phi) is 21.8. The van der Waals surface area contributed by atoms with Crippen molar-refractivity contribution in [1.29, 1.82) is 0 Å². The predicted octanol–water partition coefficient (Wildman–Crippen LogP) is 5.71. The number of rotatable bonds is 25. The SMILES string of the molecule is CCCCCCCC/C=C\CCCCCCCC(=O)OC(COC(C)=O)COP(=O)([O-])OCC[N+](C)(C)C. The Balaban J connectivity index is 4.06. The van der Waals surface area contributed by atoms with Crippen molar-refractivity contribution in [2.75, 3.05) is 47.5 Å². The first kappa shape index (κ1) is 36.8. The number of phosphoric acid groups is 1. The third-order valence-electron chi connectivity index (χ3n) is 5.84. The minimum Gasteiger partial charge on any atom is -0.756 e. The number of nitrogens with zero attached hydrogens (tertiary/aromatic N) is 1. The largest absolute Gasteiger partial charge is 0.756 e. The van der Waals surface area contributed by atoms with Crippen molar-refractivity contribution in [3.63, 3.8) is 0 Å². The number of allylic oxidation sites excluding steroid dienone is 2. The predicted molar refractivity (Wildman–Crippen MR) is 148 cm³/mol. The van der Waals surface area contributed by atoms with Gasteiger partial charge in [-0.2, -0.15) is 0 Å². The van der Waals surface area contributed by atoms with Crippen molar-refractivity contribution in [2.45, 2.75) is 110 Å². The summed E-state index contributed by atoms with van der Waals surface area (Å²) in [5, 5.41) is 0. The summed E-state index contributed by atoms with van der Waals surface area (Å²) < 4.78 is 32.4. The summed E-state index contributed by atoms with van der Waals surface area (Å²) in [5.74, 6) is -1.04. The molecule has 0 bridgehead atoms. The maximum absolute atomic E-state index is 12.2. The Morgan fingerprint density at radius 3 is 1.95 bits per heavy atom. The quantitative estimate of drug-likeness (QED) is 0.0457. The topological polar surface area (TPSA) is 111 Å². The number of ether oxygens (including phenoxy) is 2. The van der Waals surface area contributed by atoms with E-state index in [4.69, 9.17) is 18.5 Å². The van der Waals surface area contributed by atoms with Crippen molar-refractivity contribution in [1.82, 2.24) is 0 Å². The Morgan fingerprint density at radius 2 is 1.39 bits per heavy atom. The number of phosphoric ester groups is 1. The highest BCUT2D eigenvalue weighted by atomic mass is 31.2. The molecule has 0 saturated heterocycles. The van der Waals surface area contributed by atoms with E-state index in [1.807, 2.05) is 21.1 Å². The molecule has 0 aromatic carbocycles. The van der Waals surface area contributed by atoms with E-state index >= 15 is 0 Å². The van der Waals surface area contributed by atoms with Gasteiger partial charge in [0, 0.05) is 13.3 Å². The van der Waals surface area contributed by atoms with Crippen LogP contribution in [0.4, 0.5) is 0 Å². The van der Waals surface area contributed by atoms with Gasteiger partial charge in [0.05, 0.1) is 27.7 Å². The molecule has 0 aliphatic carbocycles. The van der Waals surface area contributed by atoms with E-state index in [9.17, 15) is 19.0 Å². The number of carbonyl (C=O) groups is 2. The van der Waals surface area contributed by atoms with Crippen LogP contribution in [0.15, 0.2) is 12.2 Å². The minimum absolute atomic E-state index is 0.0336. The lowest BCUT2D eigenvalue weighted by Crippen LogP contribution is -2.37. The summed E-state index contributed by atoms with van der Waals surface area (Å²) in [7, 11) is 1.15. The number of hydrogen-bond acceptors (Lipinski definition) is 8. The molecule has 0 aromatic heterocycles. The van der Waals surface area contributed by atoms with Gasteiger partial charge in [0.1, 0.15) is 19.8 Å². The fourth-order valence-corrected chi connectivity index (χ4v) is 4.28. The molecule has 0 N–H and O–H groups in total. The van der Waals surface area contributed by atoms with Gasteiger partial charge in [0.2, 0.25) is 0 Å². The van der Waals surface area contributed by atoms with E-state index in [-0.39, 0.29) is 19.6 Å². The first-order valence-electron chi connectivity index (χ1n) is 14.3. The lowest BCUT2D eigenvalue weighted by molar-refractivity contribution is -0.870. The molecule has 0 aromatic rings. The second-order valence-electron chi connectivity index (χ2n) is 10.8. The maximum atomic E-state index is 12.2. The summed E-state index contributed by atoms with van der Waals surface area (Å²) >= 11 is 0. The average molecular weight is 564 g/mol. The van der Waals surface area contributed by atoms with Crippen LogP contribution in [0.2, 0.25) is 0 Å². The second-order valence-corrected chi connectivity index (χ2v) is 12.2. The Bertz CT molecular complexity index is 693. The summed E-state index contributed by atoms with van der Waals surface area (Å²) in [5.41, 5.74) is 0. The molecule has 2 atom stereocenters. The Hall–Kier alpha value is -1.25. The van der Waals surface area contributed by atoms with Gasteiger partial charge in [0.15, 0.2) is 6.10 Å². The molecule has 9 nitrogen and oxygen atoms in total. The molecule has 0 aliphatic heterocycles. The first-order chi connectivity index (χ1) is 17.9. The van der Waals surface area contributed by atoms with Crippen LogP contribution in [-0.4, -0.2) is 70.0 Å². The molecular formula is C28H54NO8P. The van der Waals surface area contributed by atoms with Crippen molar-refractivity contribution in [2.24, 2.45) is 0 Å². The standard InChI is InChI=1S/C28H54NO8P/c1-6-7-8-9-10-11-12-13-14-15-16-17-18-19-20-21-28(31)37-27(24-34-26(2)30)25-36-38(32,33)35-23-22-29(3,4)5/h13-14,27H,6-12,15-25H2,1-5H3/b14-13-. The van der Waals surface area contributed by atoms with Crippen molar-refractivity contribution in [3.05, 3.63) is 12.2 Å². The molecular weight excluding hydrogens is 509 g/mol. The Morgan fingerprint density at radius 1 is 0.842 bits per heavy atom. The summed E-state index contributed by atoms with van der Waals surface area (Å²) in [6, 6.07) is 0. The molecule has 10 heteroatoms. The fraction of sp³-hybridized carbons (Fsp3) is 0.857. The number of unbranched alkanes of at least 4 members (excludes halogenated alkanes) is 11. The third kappa shape index (κ3) is 26.4. The highest BCUT2D eigenvalue weighted by Gasteiger charge is 2.21. The van der Waals surface area contributed by atoms with Crippen LogP contribution in [-0.2, 0) is 32.7 Å². The summed E-state index contributed by atoms with van der Waals surface area (Å²) in [6.45, 7) is 3.13. The molecule has 0 rings (SSSR count). The van der Waals surface area contributed by atoms with Crippen LogP contribution in [0.1, 0.15) is 104 Å². The smallest absolute Gasteiger partial charge is 0.306 e. The van der Waals surface area contributed by atoms with Gasteiger partial charge < -0.3 is 27.9 Å². The van der Waals surface area contributed by atoms with Crippen LogP contribution in [0, 0.1) is 0 Å². The van der Waals surface area contributed by atoms with E-state index in [1.54, 1.807) is 0 Å². The van der Waals surface area contributed by atoms with E-state index in [2.05, 4.69) is 19.1 Å². The van der Waals surface area contributed by atoms with E-state index in [0.717, 1.165) is 32.1 Å². The van der Waals surface area contributed by atoms with E-state index in [1.165, 1.54) is 51.9 Å². The minimum atomic E-state index is -4.57. The zero-order valence-electron chi connectivity index (χ0n) is 24.6. The van der Waals surface area contributed by atoms with Gasteiger partial charge in [-0.15, -0.1) is 0 Å². The molecule has 0 radical (unpaired) electrons. The van der Waals surface area contributed by atoms with Gasteiger partial charge in [-0.05, 0) is 32.1 Å². The molecule has 0 aliphatic rings.